The molecule has 7 nitrogen and oxygen atoms in total. The van der Waals surface area contributed by atoms with E-state index in [1.165, 1.54) is 18.2 Å². The van der Waals surface area contributed by atoms with Crippen LogP contribution in [-0.4, -0.2) is 48.8 Å². The average molecular weight is 376 g/mol. The van der Waals surface area contributed by atoms with E-state index in [1.54, 1.807) is 36.4 Å². The molecule has 0 spiro atoms. The summed E-state index contributed by atoms with van der Waals surface area (Å²) >= 11 is 0. The Hall–Kier alpha value is -3.50. The highest BCUT2D eigenvalue weighted by molar-refractivity contribution is 6.14. The minimum Gasteiger partial charge on any atom is -0.368 e. The van der Waals surface area contributed by atoms with Crippen molar-refractivity contribution in [2.24, 2.45) is 0 Å². The van der Waals surface area contributed by atoms with E-state index in [-0.39, 0.29) is 11.3 Å². The lowest BCUT2D eigenvalue weighted by Crippen LogP contribution is -2.44. The van der Waals surface area contributed by atoms with E-state index in [0.717, 1.165) is 31.9 Å². The zero-order valence-electron chi connectivity index (χ0n) is 15.5. The molecule has 1 fully saturated rings. The molecule has 1 aliphatic rings. The van der Waals surface area contributed by atoms with Crippen LogP contribution in [0.5, 0.6) is 0 Å². The minimum absolute atomic E-state index is 0.0536. The number of nitriles is 1. The van der Waals surface area contributed by atoms with Crippen molar-refractivity contribution >= 4 is 23.2 Å². The molecule has 2 aromatic rings. The lowest BCUT2D eigenvalue weighted by atomic mass is 10.0. The van der Waals surface area contributed by atoms with Crippen molar-refractivity contribution < 1.29 is 9.72 Å². The standard InChI is InChI=1S/C21H20N4O3/c1-23-9-11-24(12-10-23)20-8-7-19(25(27)28)14-17(20)13-18(15-22)21(26)16-5-3-2-4-6-16/h2-8,13-14H,9-12H2,1H3/b18-13-. The number of allylic oxidation sites excluding steroid dienone is 1. The summed E-state index contributed by atoms with van der Waals surface area (Å²) in [5, 5.41) is 20.8. The van der Waals surface area contributed by atoms with Gasteiger partial charge in [-0.1, -0.05) is 30.3 Å². The predicted molar refractivity (Wildman–Crippen MR) is 107 cm³/mol. The van der Waals surface area contributed by atoms with Crippen molar-refractivity contribution in [3.8, 4) is 6.07 Å². The third-order valence-corrected chi connectivity index (χ3v) is 4.77. The largest absolute Gasteiger partial charge is 0.368 e. The van der Waals surface area contributed by atoms with Gasteiger partial charge in [-0.15, -0.1) is 0 Å². The number of non-ortho nitro benzene ring substituents is 1. The van der Waals surface area contributed by atoms with Gasteiger partial charge in [-0.05, 0) is 19.2 Å². The van der Waals surface area contributed by atoms with Crippen LogP contribution in [0.4, 0.5) is 11.4 Å². The maximum atomic E-state index is 12.7. The van der Waals surface area contributed by atoms with Crippen molar-refractivity contribution in [2.45, 2.75) is 0 Å². The highest BCUT2D eigenvalue weighted by Crippen LogP contribution is 2.29. The first-order valence-corrected chi connectivity index (χ1v) is 8.93. The Morgan fingerprint density at radius 3 is 2.43 bits per heavy atom. The van der Waals surface area contributed by atoms with Gasteiger partial charge in [-0.2, -0.15) is 5.26 Å². The molecular weight excluding hydrogens is 356 g/mol. The first-order chi connectivity index (χ1) is 13.5. The van der Waals surface area contributed by atoms with E-state index in [0.29, 0.717) is 11.1 Å². The molecule has 1 saturated heterocycles. The summed E-state index contributed by atoms with van der Waals surface area (Å²) in [6.45, 7) is 3.27. The topological polar surface area (TPSA) is 90.5 Å². The second kappa shape index (κ2) is 8.46. The molecule has 0 aromatic heterocycles. The Kier molecular flexibility index (Phi) is 5.82. The fourth-order valence-corrected chi connectivity index (χ4v) is 3.16. The molecule has 1 heterocycles. The van der Waals surface area contributed by atoms with Crippen LogP contribution in [0, 0.1) is 21.4 Å². The van der Waals surface area contributed by atoms with Gasteiger partial charge in [0.15, 0.2) is 0 Å². The summed E-state index contributed by atoms with van der Waals surface area (Å²) < 4.78 is 0. The third-order valence-electron chi connectivity index (χ3n) is 4.77. The Morgan fingerprint density at radius 1 is 1.14 bits per heavy atom. The lowest BCUT2D eigenvalue weighted by Gasteiger charge is -2.34. The number of carbonyl (C=O) groups excluding carboxylic acids is 1. The number of carbonyl (C=O) groups is 1. The van der Waals surface area contributed by atoms with E-state index in [4.69, 9.17) is 0 Å². The van der Waals surface area contributed by atoms with Gasteiger partial charge in [0.05, 0.1) is 4.92 Å². The summed E-state index contributed by atoms with van der Waals surface area (Å²) in [4.78, 5) is 27.8. The van der Waals surface area contributed by atoms with Crippen molar-refractivity contribution in [1.82, 2.24) is 4.90 Å². The summed E-state index contributed by atoms with van der Waals surface area (Å²) in [7, 11) is 2.04. The van der Waals surface area contributed by atoms with Crippen LogP contribution in [0.2, 0.25) is 0 Å². The van der Waals surface area contributed by atoms with Crippen LogP contribution < -0.4 is 4.90 Å². The molecule has 0 aliphatic carbocycles. The van der Waals surface area contributed by atoms with Crippen LogP contribution in [0.1, 0.15) is 15.9 Å². The molecule has 3 rings (SSSR count). The Labute approximate surface area is 163 Å². The highest BCUT2D eigenvalue weighted by atomic mass is 16.6. The van der Waals surface area contributed by atoms with Crippen molar-refractivity contribution in [1.29, 1.82) is 5.26 Å². The fourth-order valence-electron chi connectivity index (χ4n) is 3.16. The molecule has 28 heavy (non-hydrogen) atoms. The molecule has 0 radical (unpaired) electrons. The molecule has 0 saturated carbocycles. The SMILES string of the molecule is CN1CCN(c2ccc([N+](=O)[O-])cc2/C=C(/C#N)C(=O)c2ccccc2)CC1. The number of benzene rings is 2. The number of rotatable bonds is 5. The molecule has 142 valence electrons. The van der Waals surface area contributed by atoms with Crippen LogP contribution in [-0.2, 0) is 0 Å². The van der Waals surface area contributed by atoms with Gasteiger partial charge in [0, 0.05) is 55.1 Å². The molecule has 0 atom stereocenters. The zero-order valence-corrected chi connectivity index (χ0v) is 15.5. The number of Topliss-reactive ketones (excluding diaryl/α,β-unsaturated/α-hetero) is 1. The normalized spacial score (nSPS) is 15.1. The van der Waals surface area contributed by atoms with Gasteiger partial charge >= 0.3 is 0 Å². The third kappa shape index (κ3) is 4.24. The maximum absolute atomic E-state index is 12.7. The summed E-state index contributed by atoms with van der Waals surface area (Å²) in [6, 6.07) is 15.0. The monoisotopic (exact) mass is 376 g/mol. The second-order valence-electron chi connectivity index (χ2n) is 6.66. The summed E-state index contributed by atoms with van der Waals surface area (Å²) in [5.41, 5.74) is 1.56. The number of hydrogen-bond acceptors (Lipinski definition) is 6. The quantitative estimate of drug-likeness (QED) is 0.262. The second-order valence-corrected chi connectivity index (χ2v) is 6.66. The Morgan fingerprint density at radius 2 is 1.82 bits per heavy atom. The molecular formula is C21H20N4O3. The molecule has 2 aromatic carbocycles. The van der Waals surface area contributed by atoms with Gasteiger partial charge < -0.3 is 9.80 Å². The summed E-state index contributed by atoms with van der Waals surface area (Å²) in [6.07, 6.45) is 1.45. The molecule has 0 unspecified atom stereocenters. The predicted octanol–water partition coefficient (Wildman–Crippen LogP) is 3.14. The Bertz CT molecular complexity index is 955. The number of anilines is 1. The van der Waals surface area contributed by atoms with E-state index < -0.39 is 10.7 Å². The molecule has 0 amide bonds. The van der Waals surface area contributed by atoms with E-state index in [2.05, 4.69) is 9.80 Å². The van der Waals surface area contributed by atoms with Gasteiger partial charge in [-0.3, -0.25) is 14.9 Å². The van der Waals surface area contributed by atoms with E-state index in [9.17, 15) is 20.2 Å². The van der Waals surface area contributed by atoms with Crippen molar-refractivity contribution in [3.05, 3.63) is 75.3 Å². The zero-order chi connectivity index (χ0) is 20.1. The minimum atomic E-state index is -0.476. The van der Waals surface area contributed by atoms with Crippen molar-refractivity contribution in [2.75, 3.05) is 38.1 Å². The van der Waals surface area contributed by atoms with Crippen molar-refractivity contribution in [3.63, 3.8) is 0 Å². The molecule has 7 heteroatoms. The van der Waals surface area contributed by atoms with Gasteiger partial charge in [0.25, 0.3) is 5.69 Å². The van der Waals surface area contributed by atoms with Gasteiger partial charge in [0.2, 0.25) is 5.78 Å². The molecule has 0 N–H and O–H groups in total. The summed E-state index contributed by atoms with van der Waals surface area (Å²) in [5.74, 6) is -0.404. The number of nitrogens with zero attached hydrogens (tertiary/aromatic N) is 4. The number of hydrogen-bond donors (Lipinski definition) is 0. The van der Waals surface area contributed by atoms with E-state index >= 15 is 0 Å². The fraction of sp³-hybridized carbons (Fsp3) is 0.238. The van der Waals surface area contributed by atoms with Crippen LogP contribution in [0.3, 0.4) is 0 Å². The number of nitro benzene ring substituents is 1. The number of likely N-dealkylation sites (N-methyl/N-ethyl adjacent to an activating group) is 1. The van der Waals surface area contributed by atoms with E-state index in [1.807, 2.05) is 13.1 Å². The lowest BCUT2D eigenvalue weighted by molar-refractivity contribution is -0.384. The molecule has 0 bridgehead atoms. The number of piperazine rings is 1. The first kappa shape index (κ1) is 19.3. The molecule has 1 aliphatic heterocycles. The highest BCUT2D eigenvalue weighted by Gasteiger charge is 2.20. The maximum Gasteiger partial charge on any atom is 0.270 e. The van der Waals surface area contributed by atoms with Crippen LogP contribution in [0.25, 0.3) is 6.08 Å². The number of nitro groups is 1. The van der Waals surface area contributed by atoms with Crippen LogP contribution >= 0.6 is 0 Å². The van der Waals surface area contributed by atoms with Crippen LogP contribution in [0.15, 0.2) is 54.1 Å². The smallest absolute Gasteiger partial charge is 0.270 e. The average Bonchev–Trinajstić information content (AvgIpc) is 2.72. The Balaban J connectivity index is 2.03. The first-order valence-electron chi connectivity index (χ1n) is 8.93. The number of ketones is 1. The van der Waals surface area contributed by atoms with Gasteiger partial charge in [0.1, 0.15) is 11.6 Å². The van der Waals surface area contributed by atoms with Gasteiger partial charge in [-0.25, -0.2) is 0 Å².